The summed E-state index contributed by atoms with van der Waals surface area (Å²) in [6, 6.07) is 7.12. The minimum Gasteiger partial charge on any atom is -0.497 e. The molecule has 0 aromatic heterocycles. The number of carbonyl (C=O) groups is 2. The summed E-state index contributed by atoms with van der Waals surface area (Å²) in [6.45, 7) is 6.09. The molecule has 4 atom stereocenters. The Labute approximate surface area is 159 Å². The van der Waals surface area contributed by atoms with Gasteiger partial charge in [0.2, 0.25) is 0 Å². The molecule has 0 radical (unpaired) electrons. The van der Waals surface area contributed by atoms with Gasteiger partial charge in [-0.05, 0) is 37.5 Å². The first-order valence-electron chi connectivity index (χ1n) is 9.01. The van der Waals surface area contributed by atoms with E-state index in [1.54, 1.807) is 32.1 Å². The summed E-state index contributed by atoms with van der Waals surface area (Å²) in [5.41, 5.74) is 0.973. The van der Waals surface area contributed by atoms with E-state index in [0.29, 0.717) is 13.2 Å². The number of carboxylic acid groups (broad SMARTS) is 1. The van der Waals surface area contributed by atoms with Gasteiger partial charge in [-0.1, -0.05) is 25.1 Å². The summed E-state index contributed by atoms with van der Waals surface area (Å²) >= 11 is 0. The predicted molar refractivity (Wildman–Crippen MR) is 98.9 cm³/mol. The molecule has 7 nitrogen and oxygen atoms in total. The molecule has 0 unspecified atom stereocenters. The second kappa shape index (κ2) is 9.53. The molecule has 0 aliphatic carbocycles. The van der Waals surface area contributed by atoms with E-state index in [-0.39, 0.29) is 5.92 Å². The lowest BCUT2D eigenvalue weighted by Crippen LogP contribution is -2.40. The predicted octanol–water partition coefficient (Wildman–Crippen LogP) is 2.66. The van der Waals surface area contributed by atoms with Gasteiger partial charge in [-0.2, -0.15) is 5.06 Å². The minimum atomic E-state index is -0.916. The van der Waals surface area contributed by atoms with Gasteiger partial charge < -0.3 is 14.6 Å². The van der Waals surface area contributed by atoms with Gasteiger partial charge in [0.15, 0.2) is 0 Å². The van der Waals surface area contributed by atoms with Crippen LogP contribution in [0.2, 0.25) is 0 Å². The molecular weight excluding hydrogens is 350 g/mol. The number of hydroxylamine groups is 2. The summed E-state index contributed by atoms with van der Waals surface area (Å²) in [5, 5.41) is 11.4. The SMILES string of the molecule is CCOC(=O)/C=C/[C@H](C)[C@@H]1[C@H](C(=O)O)[C@@H](C)ON1Cc1ccc(OC)cc1. The smallest absolute Gasteiger partial charge is 0.330 e. The Morgan fingerprint density at radius 3 is 2.56 bits per heavy atom. The first kappa shape index (κ1) is 20.9. The van der Waals surface area contributed by atoms with Crippen molar-refractivity contribution in [3.63, 3.8) is 0 Å². The molecule has 1 heterocycles. The highest BCUT2D eigenvalue weighted by molar-refractivity contribution is 5.82. The van der Waals surface area contributed by atoms with Gasteiger partial charge in [-0.3, -0.25) is 9.63 Å². The van der Waals surface area contributed by atoms with Crippen LogP contribution in [0.15, 0.2) is 36.4 Å². The summed E-state index contributed by atoms with van der Waals surface area (Å²) in [7, 11) is 1.60. The molecule has 0 spiro atoms. The zero-order chi connectivity index (χ0) is 20.0. The Morgan fingerprint density at radius 2 is 2.00 bits per heavy atom. The molecule has 1 N–H and O–H groups in total. The van der Waals surface area contributed by atoms with Crippen LogP contribution in [-0.2, 0) is 25.7 Å². The number of ether oxygens (including phenoxy) is 2. The van der Waals surface area contributed by atoms with Gasteiger partial charge in [-0.25, -0.2) is 4.79 Å². The fraction of sp³-hybridized carbons (Fsp3) is 0.500. The standard InChI is InChI=1S/C20H27NO6/c1-5-26-17(22)11-6-13(2)19-18(20(23)24)14(3)27-21(19)12-15-7-9-16(25-4)10-8-15/h6-11,13-14,18-19H,5,12H2,1-4H3,(H,23,24)/b11-6+/t13-,14+,18+,19+/m0/s1. The Kier molecular flexibility index (Phi) is 7.38. The van der Waals surface area contributed by atoms with Crippen LogP contribution in [0.3, 0.4) is 0 Å². The van der Waals surface area contributed by atoms with E-state index >= 15 is 0 Å². The molecule has 148 valence electrons. The van der Waals surface area contributed by atoms with Crippen molar-refractivity contribution in [2.24, 2.45) is 11.8 Å². The van der Waals surface area contributed by atoms with E-state index in [2.05, 4.69) is 0 Å². The molecule has 1 aliphatic rings. The molecule has 0 bridgehead atoms. The van der Waals surface area contributed by atoms with E-state index in [4.69, 9.17) is 14.3 Å². The summed E-state index contributed by atoms with van der Waals surface area (Å²) in [6.07, 6.45) is 2.56. The molecule has 2 rings (SSSR count). The van der Waals surface area contributed by atoms with Crippen molar-refractivity contribution in [1.82, 2.24) is 5.06 Å². The fourth-order valence-corrected chi connectivity index (χ4v) is 3.33. The average molecular weight is 377 g/mol. The van der Waals surface area contributed by atoms with Crippen LogP contribution in [-0.4, -0.2) is 48.0 Å². The van der Waals surface area contributed by atoms with E-state index in [0.717, 1.165) is 11.3 Å². The molecule has 7 heteroatoms. The maximum absolute atomic E-state index is 11.8. The average Bonchev–Trinajstić information content (AvgIpc) is 2.96. The number of esters is 1. The van der Waals surface area contributed by atoms with Gasteiger partial charge in [0.05, 0.1) is 25.9 Å². The highest BCUT2D eigenvalue weighted by atomic mass is 16.7. The van der Waals surface area contributed by atoms with Gasteiger partial charge in [0.1, 0.15) is 11.7 Å². The number of hydrogen-bond acceptors (Lipinski definition) is 6. The maximum atomic E-state index is 11.8. The molecule has 1 fully saturated rings. The number of aliphatic carboxylic acids is 1. The second-order valence-corrected chi connectivity index (χ2v) is 6.56. The normalized spacial score (nSPS) is 24.1. The topological polar surface area (TPSA) is 85.3 Å². The first-order valence-corrected chi connectivity index (χ1v) is 9.01. The number of methoxy groups -OCH3 is 1. The summed E-state index contributed by atoms with van der Waals surface area (Å²) in [5.74, 6) is -1.53. The van der Waals surface area contributed by atoms with Crippen molar-refractivity contribution in [3.8, 4) is 5.75 Å². The minimum absolute atomic E-state index is 0.223. The van der Waals surface area contributed by atoms with Crippen molar-refractivity contribution in [1.29, 1.82) is 0 Å². The molecule has 27 heavy (non-hydrogen) atoms. The van der Waals surface area contributed by atoms with E-state index < -0.39 is 30.0 Å². The van der Waals surface area contributed by atoms with Crippen molar-refractivity contribution < 1.29 is 29.0 Å². The third kappa shape index (κ3) is 5.30. The van der Waals surface area contributed by atoms with Crippen LogP contribution in [0.4, 0.5) is 0 Å². The molecule has 0 saturated carbocycles. The molecule has 1 aromatic carbocycles. The van der Waals surface area contributed by atoms with Gasteiger partial charge in [0.25, 0.3) is 0 Å². The number of hydrogen-bond donors (Lipinski definition) is 1. The largest absolute Gasteiger partial charge is 0.497 e. The molecule has 0 amide bonds. The van der Waals surface area contributed by atoms with Gasteiger partial charge >= 0.3 is 11.9 Å². The Morgan fingerprint density at radius 1 is 1.33 bits per heavy atom. The summed E-state index contributed by atoms with van der Waals surface area (Å²) in [4.78, 5) is 29.3. The molecule has 1 aromatic rings. The summed E-state index contributed by atoms with van der Waals surface area (Å²) < 4.78 is 10.1. The third-order valence-electron chi connectivity index (χ3n) is 4.65. The maximum Gasteiger partial charge on any atom is 0.330 e. The van der Waals surface area contributed by atoms with Gasteiger partial charge in [-0.15, -0.1) is 0 Å². The second-order valence-electron chi connectivity index (χ2n) is 6.56. The number of carboxylic acids is 1. The fourth-order valence-electron chi connectivity index (χ4n) is 3.33. The molecule has 1 aliphatic heterocycles. The lowest BCUT2D eigenvalue weighted by atomic mass is 9.86. The van der Waals surface area contributed by atoms with Crippen molar-refractivity contribution >= 4 is 11.9 Å². The highest BCUT2D eigenvalue weighted by Gasteiger charge is 2.47. The number of rotatable bonds is 8. The Bertz CT molecular complexity index is 672. The number of carbonyl (C=O) groups excluding carboxylic acids is 1. The Hall–Kier alpha value is -2.38. The monoisotopic (exact) mass is 377 g/mol. The zero-order valence-electron chi connectivity index (χ0n) is 16.1. The molecular formula is C20H27NO6. The molecule has 1 saturated heterocycles. The van der Waals surface area contributed by atoms with E-state index in [1.165, 1.54) is 6.08 Å². The van der Waals surface area contributed by atoms with Crippen LogP contribution >= 0.6 is 0 Å². The number of benzene rings is 1. The third-order valence-corrected chi connectivity index (χ3v) is 4.65. The number of nitrogens with zero attached hydrogens (tertiary/aromatic N) is 1. The van der Waals surface area contributed by atoms with E-state index in [1.807, 2.05) is 31.2 Å². The lowest BCUT2D eigenvalue weighted by molar-refractivity contribution is -0.169. The van der Waals surface area contributed by atoms with Crippen molar-refractivity contribution in [2.75, 3.05) is 13.7 Å². The van der Waals surface area contributed by atoms with Crippen LogP contribution in [0.1, 0.15) is 26.3 Å². The quantitative estimate of drug-likeness (QED) is 0.551. The van der Waals surface area contributed by atoms with Gasteiger partial charge in [0, 0.05) is 12.6 Å². The van der Waals surface area contributed by atoms with Crippen LogP contribution < -0.4 is 4.74 Å². The van der Waals surface area contributed by atoms with Crippen LogP contribution in [0.25, 0.3) is 0 Å². The van der Waals surface area contributed by atoms with E-state index in [9.17, 15) is 14.7 Å². The first-order chi connectivity index (χ1) is 12.9. The van der Waals surface area contributed by atoms with Crippen LogP contribution in [0.5, 0.6) is 5.75 Å². The highest BCUT2D eigenvalue weighted by Crippen LogP contribution is 2.34. The van der Waals surface area contributed by atoms with Crippen LogP contribution in [0, 0.1) is 11.8 Å². The van der Waals surface area contributed by atoms with Crippen molar-refractivity contribution in [3.05, 3.63) is 42.0 Å². The van der Waals surface area contributed by atoms with Crippen molar-refractivity contribution in [2.45, 2.75) is 39.5 Å². The Balaban J connectivity index is 2.19. The zero-order valence-corrected chi connectivity index (χ0v) is 16.1. The lowest BCUT2D eigenvalue weighted by Gasteiger charge is -2.28.